The maximum absolute atomic E-state index is 9.64. The average molecular weight is 311 g/mol. The Morgan fingerprint density at radius 3 is 2.78 bits per heavy atom. The van der Waals surface area contributed by atoms with Gasteiger partial charge in [-0.15, -0.1) is 0 Å². The highest BCUT2D eigenvalue weighted by Gasteiger charge is 2.24. The van der Waals surface area contributed by atoms with Crippen LogP contribution < -0.4 is 5.32 Å². The van der Waals surface area contributed by atoms with E-state index in [2.05, 4.69) is 11.4 Å². The van der Waals surface area contributed by atoms with E-state index in [9.17, 15) is 10.4 Å². The zero-order valence-corrected chi connectivity index (χ0v) is 13.3. The maximum Gasteiger partial charge on any atom is 0.152 e. The van der Waals surface area contributed by atoms with Gasteiger partial charge >= 0.3 is 0 Å². The van der Waals surface area contributed by atoms with Crippen LogP contribution in [0.1, 0.15) is 42.9 Å². The number of nitrogens with zero attached hydrogens (tertiary/aromatic N) is 2. The smallest absolute Gasteiger partial charge is 0.152 e. The minimum atomic E-state index is -0.110. The molecule has 2 N–H and O–H groups in total. The summed E-state index contributed by atoms with van der Waals surface area (Å²) in [7, 11) is 0. The molecule has 1 atom stereocenters. The molecule has 23 heavy (non-hydrogen) atoms. The molecular formula is C18H21N3O2. The number of aliphatic hydroxyl groups excluding tert-OH is 1. The molecule has 0 saturated heterocycles. The highest BCUT2D eigenvalue weighted by molar-refractivity contribution is 5.69. The fourth-order valence-corrected chi connectivity index (χ4v) is 3.13. The van der Waals surface area contributed by atoms with E-state index in [1.54, 1.807) is 6.26 Å². The molecule has 1 aliphatic rings. The van der Waals surface area contributed by atoms with Crippen molar-refractivity contribution in [2.75, 3.05) is 11.9 Å². The average Bonchev–Trinajstić information content (AvgIpc) is 3.13. The number of aromatic nitrogens is 1. The largest absolute Gasteiger partial charge is 0.463 e. The molecule has 0 amide bonds. The third-order valence-electron chi connectivity index (χ3n) is 4.44. The first-order valence-corrected chi connectivity index (χ1v) is 8.15. The standard InChI is InChI=1S/C18H21N3O2/c1-2-12(11-22)20-18-15(10-19)13-6-3-4-7-14(13)17(21-18)16-8-5-9-23-16/h5,8-9,12,22H,2-4,6-7,11H2,1H3,(H,20,21)/t12-/m1/s1. The molecule has 2 aromatic heterocycles. The Balaban J connectivity index is 2.15. The van der Waals surface area contributed by atoms with Gasteiger partial charge in [-0.25, -0.2) is 4.98 Å². The molecule has 0 saturated carbocycles. The van der Waals surface area contributed by atoms with Crippen LogP contribution in [0.2, 0.25) is 0 Å². The van der Waals surface area contributed by atoms with Gasteiger partial charge in [0.15, 0.2) is 5.76 Å². The fraction of sp³-hybridized carbons (Fsp3) is 0.444. The van der Waals surface area contributed by atoms with Gasteiger partial charge in [-0.1, -0.05) is 6.92 Å². The summed E-state index contributed by atoms with van der Waals surface area (Å²) in [4.78, 5) is 4.70. The second-order valence-corrected chi connectivity index (χ2v) is 5.87. The number of hydrogen-bond acceptors (Lipinski definition) is 5. The summed E-state index contributed by atoms with van der Waals surface area (Å²) in [6, 6.07) is 5.95. The number of aliphatic hydroxyl groups is 1. The van der Waals surface area contributed by atoms with Gasteiger partial charge in [0.05, 0.1) is 24.5 Å². The first kappa shape index (κ1) is 15.6. The normalized spacial score (nSPS) is 14.8. The second kappa shape index (κ2) is 6.84. The first-order valence-electron chi connectivity index (χ1n) is 8.15. The zero-order chi connectivity index (χ0) is 16.2. The Hall–Kier alpha value is -2.32. The van der Waals surface area contributed by atoms with E-state index >= 15 is 0 Å². The molecule has 1 aliphatic carbocycles. The fourth-order valence-electron chi connectivity index (χ4n) is 3.13. The number of hydrogen-bond donors (Lipinski definition) is 2. The van der Waals surface area contributed by atoms with E-state index in [4.69, 9.17) is 9.40 Å². The monoisotopic (exact) mass is 311 g/mol. The SMILES string of the molecule is CC[C@H](CO)Nc1nc(-c2ccco2)c2c(c1C#N)CCCC2. The Morgan fingerprint density at radius 1 is 1.39 bits per heavy atom. The number of pyridine rings is 1. The van der Waals surface area contributed by atoms with Gasteiger partial charge in [0.25, 0.3) is 0 Å². The van der Waals surface area contributed by atoms with Crippen LogP contribution in [0.4, 0.5) is 5.82 Å². The van der Waals surface area contributed by atoms with Crippen molar-refractivity contribution in [3.05, 3.63) is 35.1 Å². The summed E-state index contributed by atoms with van der Waals surface area (Å²) in [5.41, 5.74) is 3.64. The molecule has 0 aromatic carbocycles. The van der Waals surface area contributed by atoms with E-state index < -0.39 is 0 Å². The Bertz CT molecular complexity index is 713. The van der Waals surface area contributed by atoms with Gasteiger partial charge in [0.2, 0.25) is 0 Å². The lowest BCUT2D eigenvalue weighted by Crippen LogP contribution is -2.25. The van der Waals surface area contributed by atoms with E-state index in [1.165, 1.54) is 0 Å². The predicted molar refractivity (Wildman–Crippen MR) is 88.1 cm³/mol. The highest BCUT2D eigenvalue weighted by Crippen LogP contribution is 2.35. The molecule has 0 spiro atoms. The minimum Gasteiger partial charge on any atom is -0.463 e. The molecule has 5 nitrogen and oxygen atoms in total. The number of anilines is 1. The first-order chi connectivity index (χ1) is 11.3. The van der Waals surface area contributed by atoms with Crippen LogP contribution in [-0.2, 0) is 12.8 Å². The van der Waals surface area contributed by atoms with Crippen LogP contribution in [0.3, 0.4) is 0 Å². The van der Waals surface area contributed by atoms with Crippen molar-refractivity contribution < 1.29 is 9.52 Å². The molecule has 0 unspecified atom stereocenters. The number of nitrogens with one attached hydrogen (secondary N) is 1. The number of fused-ring (bicyclic) bond motifs is 1. The van der Waals surface area contributed by atoms with E-state index in [1.807, 2.05) is 19.1 Å². The topological polar surface area (TPSA) is 82.1 Å². The van der Waals surface area contributed by atoms with E-state index in [-0.39, 0.29) is 12.6 Å². The van der Waals surface area contributed by atoms with Crippen LogP contribution in [0.5, 0.6) is 0 Å². The third kappa shape index (κ3) is 2.95. The Morgan fingerprint density at radius 2 is 2.17 bits per heavy atom. The van der Waals surface area contributed by atoms with Gasteiger partial charge in [-0.2, -0.15) is 5.26 Å². The summed E-state index contributed by atoms with van der Waals surface area (Å²) in [5.74, 6) is 1.29. The third-order valence-corrected chi connectivity index (χ3v) is 4.44. The van der Waals surface area contributed by atoms with Crippen LogP contribution >= 0.6 is 0 Å². The lowest BCUT2D eigenvalue weighted by Gasteiger charge is -2.23. The molecule has 0 fully saturated rings. The summed E-state index contributed by atoms with van der Waals surface area (Å²) < 4.78 is 5.55. The van der Waals surface area contributed by atoms with Crippen molar-refractivity contribution in [2.24, 2.45) is 0 Å². The van der Waals surface area contributed by atoms with Crippen LogP contribution in [0.25, 0.3) is 11.5 Å². The van der Waals surface area contributed by atoms with Crippen LogP contribution in [0.15, 0.2) is 22.8 Å². The van der Waals surface area contributed by atoms with Gasteiger partial charge in [-0.05, 0) is 55.4 Å². The molecule has 5 heteroatoms. The number of rotatable bonds is 5. The van der Waals surface area contributed by atoms with Crippen molar-refractivity contribution in [1.29, 1.82) is 5.26 Å². The highest BCUT2D eigenvalue weighted by atomic mass is 16.3. The number of furan rings is 1. The lowest BCUT2D eigenvalue weighted by atomic mass is 9.87. The molecule has 0 radical (unpaired) electrons. The zero-order valence-electron chi connectivity index (χ0n) is 13.3. The van der Waals surface area contributed by atoms with Gasteiger partial charge in [-0.3, -0.25) is 0 Å². The Labute approximate surface area is 136 Å². The van der Waals surface area contributed by atoms with E-state index in [0.29, 0.717) is 11.4 Å². The second-order valence-electron chi connectivity index (χ2n) is 5.87. The van der Waals surface area contributed by atoms with Crippen molar-refractivity contribution >= 4 is 5.82 Å². The molecule has 0 aliphatic heterocycles. The predicted octanol–water partition coefficient (Wildman–Crippen LogP) is 3.27. The van der Waals surface area contributed by atoms with Crippen molar-refractivity contribution in [3.8, 4) is 17.5 Å². The molecule has 0 bridgehead atoms. The molecule has 2 aromatic rings. The van der Waals surface area contributed by atoms with Crippen molar-refractivity contribution in [2.45, 2.75) is 45.1 Å². The summed E-state index contributed by atoms with van der Waals surface area (Å²) in [5, 5.41) is 22.3. The van der Waals surface area contributed by atoms with Crippen LogP contribution in [-0.4, -0.2) is 22.7 Å². The van der Waals surface area contributed by atoms with E-state index in [0.717, 1.165) is 54.7 Å². The summed E-state index contributed by atoms with van der Waals surface area (Å²) >= 11 is 0. The Kier molecular flexibility index (Phi) is 4.63. The van der Waals surface area contributed by atoms with Gasteiger partial charge in [0.1, 0.15) is 17.6 Å². The maximum atomic E-state index is 9.64. The van der Waals surface area contributed by atoms with Crippen molar-refractivity contribution in [3.63, 3.8) is 0 Å². The lowest BCUT2D eigenvalue weighted by molar-refractivity contribution is 0.271. The van der Waals surface area contributed by atoms with Gasteiger partial charge in [0, 0.05) is 0 Å². The van der Waals surface area contributed by atoms with Crippen molar-refractivity contribution in [1.82, 2.24) is 4.98 Å². The molecule has 3 rings (SSSR count). The minimum absolute atomic E-state index is 0.0101. The number of nitriles is 1. The quantitative estimate of drug-likeness (QED) is 0.885. The summed E-state index contributed by atoms with van der Waals surface area (Å²) in [6.07, 6.45) is 6.40. The van der Waals surface area contributed by atoms with Gasteiger partial charge < -0.3 is 14.8 Å². The summed E-state index contributed by atoms with van der Waals surface area (Å²) in [6.45, 7) is 2.00. The molecule has 2 heterocycles. The molecular weight excluding hydrogens is 290 g/mol. The van der Waals surface area contributed by atoms with Crippen LogP contribution in [0, 0.1) is 11.3 Å². The molecule has 120 valence electrons.